The third-order valence-electron chi connectivity index (χ3n) is 4.22. The summed E-state index contributed by atoms with van der Waals surface area (Å²) >= 11 is 8.70. The van der Waals surface area contributed by atoms with Crippen LogP contribution in [0.1, 0.15) is 25.0 Å². The van der Waals surface area contributed by atoms with Crippen LogP contribution < -0.4 is 14.8 Å². The summed E-state index contributed by atoms with van der Waals surface area (Å²) in [6.45, 7) is 4.68. The quantitative estimate of drug-likeness (QED) is 0.319. The van der Waals surface area contributed by atoms with E-state index in [0.717, 1.165) is 14.0 Å². The van der Waals surface area contributed by atoms with E-state index in [4.69, 9.17) is 21.1 Å². The highest BCUT2D eigenvalue weighted by molar-refractivity contribution is 14.1. The fourth-order valence-corrected chi connectivity index (χ4v) is 3.47. The number of likely N-dealkylation sites (N-methyl/N-ethyl adjacent to an activating group) is 1. The monoisotopic (exact) mass is 526 g/mol. The second-order valence-electron chi connectivity index (χ2n) is 6.22. The summed E-state index contributed by atoms with van der Waals surface area (Å²) in [5.74, 6) is 0.540. The molecule has 1 N–H and O–H groups in total. The van der Waals surface area contributed by atoms with E-state index in [-0.39, 0.29) is 11.6 Å². The SMILES string of the molecule is CCOc1cc(/C=C2/NC(=O)N(CC)C2=O)cc(Cl)c1OCc1ccc(I)cc1. The fourth-order valence-electron chi connectivity index (χ4n) is 2.84. The predicted molar refractivity (Wildman–Crippen MR) is 120 cm³/mol. The number of carbonyl (C=O) groups excluding carboxylic acids is 2. The van der Waals surface area contributed by atoms with Gasteiger partial charge >= 0.3 is 6.03 Å². The number of benzene rings is 2. The summed E-state index contributed by atoms with van der Waals surface area (Å²) in [5, 5.41) is 2.93. The number of nitrogens with zero attached hydrogens (tertiary/aromatic N) is 1. The summed E-state index contributed by atoms with van der Waals surface area (Å²) in [5.41, 5.74) is 1.83. The highest BCUT2D eigenvalue weighted by atomic mass is 127. The minimum absolute atomic E-state index is 0.197. The van der Waals surface area contributed by atoms with Crippen LogP contribution in [0.25, 0.3) is 6.08 Å². The first-order valence-corrected chi connectivity index (χ1v) is 10.6. The first kappa shape index (κ1) is 21.4. The smallest absolute Gasteiger partial charge is 0.328 e. The summed E-state index contributed by atoms with van der Waals surface area (Å²) in [4.78, 5) is 25.2. The average molecular weight is 527 g/mol. The van der Waals surface area contributed by atoms with Crippen molar-refractivity contribution in [3.05, 3.63) is 61.8 Å². The number of amides is 3. The molecule has 1 aliphatic heterocycles. The van der Waals surface area contributed by atoms with Crippen molar-refractivity contribution in [1.82, 2.24) is 10.2 Å². The molecule has 0 spiro atoms. The Morgan fingerprint density at radius 3 is 2.48 bits per heavy atom. The lowest BCUT2D eigenvalue weighted by molar-refractivity contribution is -0.122. The van der Waals surface area contributed by atoms with Crippen LogP contribution in [0.4, 0.5) is 4.79 Å². The van der Waals surface area contributed by atoms with E-state index < -0.39 is 6.03 Å². The van der Waals surface area contributed by atoms with Gasteiger partial charge in [-0.05, 0) is 77.9 Å². The van der Waals surface area contributed by atoms with E-state index in [9.17, 15) is 9.59 Å². The Morgan fingerprint density at radius 2 is 1.86 bits per heavy atom. The van der Waals surface area contributed by atoms with Crippen molar-refractivity contribution >= 4 is 52.2 Å². The Labute approximate surface area is 188 Å². The first-order chi connectivity index (χ1) is 13.9. The lowest BCUT2D eigenvalue weighted by Gasteiger charge is -2.15. The Bertz CT molecular complexity index is 960. The molecule has 1 aliphatic rings. The largest absolute Gasteiger partial charge is 0.490 e. The number of rotatable bonds is 7. The summed E-state index contributed by atoms with van der Waals surface area (Å²) in [6.07, 6.45) is 1.58. The van der Waals surface area contributed by atoms with Gasteiger partial charge in [0.2, 0.25) is 0 Å². The number of nitrogens with one attached hydrogen (secondary N) is 1. The van der Waals surface area contributed by atoms with Gasteiger partial charge in [-0.15, -0.1) is 0 Å². The topological polar surface area (TPSA) is 67.9 Å². The van der Waals surface area contributed by atoms with Crippen LogP contribution in [0.15, 0.2) is 42.1 Å². The normalized spacial score (nSPS) is 15.0. The molecule has 0 bridgehead atoms. The van der Waals surface area contributed by atoms with E-state index in [1.807, 2.05) is 31.2 Å². The standard InChI is InChI=1S/C21H20ClIN2O4/c1-3-25-20(26)17(24-21(25)27)10-14-9-16(22)19(18(11-14)28-4-2)29-12-13-5-7-15(23)8-6-13/h5-11H,3-4,12H2,1-2H3,(H,24,27)/b17-10+. The molecule has 152 valence electrons. The van der Waals surface area contributed by atoms with Crippen LogP contribution in [-0.2, 0) is 11.4 Å². The van der Waals surface area contributed by atoms with Gasteiger partial charge in [0.05, 0.1) is 11.6 Å². The van der Waals surface area contributed by atoms with Crippen molar-refractivity contribution in [2.24, 2.45) is 0 Å². The van der Waals surface area contributed by atoms with Crippen LogP contribution in [0, 0.1) is 3.57 Å². The number of hydrogen-bond acceptors (Lipinski definition) is 4. The van der Waals surface area contributed by atoms with Gasteiger partial charge < -0.3 is 14.8 Å². The van der Waals surface area contributed by atoms with E-state index in [1.54, 1.807) is 25.1 Å². The van der Waals surface area contributed by atoms with Gasteiger partial charge in [-0.25, -0.2) is 4.79 Å². The number of ether oxygens (including phenoxy) is 2. The highest BCUT2D eigenvalue weighted by Gasteiger charge is 2.32. The minimum Gasteiger partial charge on any atom is -0.490 e. The molecule has 3 amide bonds. The second kappa shape index (κ2) is 9.49. The van der Waals surface area contributed by atoms with Crippen LogP contribution in [0.5, 0.6) is 11.5 Å². The van der Waals surface area contributed by atoms with E-state index in [0.29, 0.717) is 41.8 Å². The zero-order valence-electron chi connectivity index (χ0n) is 16.0. The molecule has 1 saturated heterocycles. The van der Waals surface area contributed by atoms with Gasteiger partial charge in [-0.3, -0.25) is 9.69 Å². The third-order valence-corrected chi connectivity index (χ3v) is 5.22. The number of halogens is 2. The van der Waals surface area contributed by atoms with Crippen LogP contribution >= 0.6 is 34.2 Å². The van der Waals surface area contributed by atoms with Crippen molar-refractivity contribution < 1.29 is 19.1 Å². The molecule has 0 saturated carbocycles. The molecule has 3 rings (SSSR count). The lowest BCUT2D eigenvalue weighted by atomic mass is 10.1. The highest BCUT2D eigenvalue weighted by Crippen LogP contribution is 2.38. The molecule has 1 fully saturated rings. The molecule has 2 aromatic carbocycles. The van der Waals surface area contributed by atoms with Crippen molar-refractivity contribution in [3.8, 4) is 11.5 Å². The molecule has 1 heterocycles. The maximum atomic E-state index is 12.3. The molecule has 0 radical (unpaired) electrons. The van der Waals surface area contributed by atoms with Crippen molar-refractivity contribution in [1.29, 1.82) is 0 Å². The summed E-state index contributed by atoms with van der Waals surface area (Å²) < 4.78 is 12.8. The molecule has 29 heavy (non-hydrogen) atoms. The number of urea groups is 1. The van der Waals surface area contributed by atoms with Gasteiger partial charge in [0.15, 0.2) is 11.5 Å². The first-order valence-electron chi connectivity index (χ1n) is 9.11. The van der Waals surface area contributed by atoms with Gasteiger partial charge in [-0.1, -0.05) is 23.7 Å². The lowest BCUT2D eigenvalue weighted by Crippen LogP contribution is -2.30. The Balaban J connectivity index is 1.86. The molecule has 2 aromatic rings. The number of carbonyl (C=O) groups is 2. The van der Waals surface area contributed by atoms with Crippen LogP contribution in [0.3, 0.4) is 0 Å². The second-order valence-corrected chi connectivity index (χ2v) is 7.87. The Hall–Kier alpha value is -2.26. The molecule has 0 unspecified atom stereocenters. The zero-order chi connectivity index (χ0) is 21.0. The maximum absolute atomic E-state index is 12.3. The zero-order valence-corrected chi connectivity index (χ0v) is 18.9. The van der Waals surface area contributed by atoms with Gasteiger partial charge in [0.1, 0.15) is 12.3 Å². The Morgan fingerprint density at radius 1 is 1.14 bits per heavy atom. The number of hydrogen-bond donors (Lipinski definition) is 1. The Kier molecular flexibility index (Phi) is 7.02. The molecule has 6 nitrogen and oxygen atoms in total. The van der Waals surface area contributed by atoms with E-state index in [1.165, 1.54) is 0 Å². The van der Waals surface area contributed by atoms with Crippen molar-refractivity contribution in [3.63, 3.8) is 0 Å². The van der Waals surface area contributed by atoms with E-state index in [2.05, 4.69) is 27.9 Å². The van der Waals surface area contributed by atoms with Gasteiger partial charge in [-0.2, -0.15) is 0 Å². The van der Waals surface area contributed by atoms with Crippen molar-refractivity contribution in [2.45, 2.75) is 20.5 Å². The molecule has 0 aromatic heterocycles. The third kappa shape index (κ3) is 5.02. The molecule has 0 aliphatic carbocycles. The summed E-state index contributed by atoms with van der Waals surface area (Å²) in [6, 6.07) is 11.0. The molecule has 0 atom stereocenters. The molecular formula is C21H20ClIN2O4. The number of imide groups is 1. The van der Waals surface area contributed by atoms with E-state index >= 15 is 0 Å². The molecule has 8 heteroatoms. The average Bonchev–Trinajstić information content (AvgIpc) is 2.95. The molecular weight excluding hydrogens is 507 g/mol. The fraction of sp³-hybridized carbons (Fsp3) is 0.238. The van der Waals surface area contributed by atoms with Gasteiger partial charge in [0, 0.05) is 10.1 Å². The van der Waals surface area contributed by atoms with Gasteiger partial charge in [0.25, 0.3) is 5.91 Å². The van der Waals surface area contributed by atoms with Crippen LogP contribution in [-0.4, -0.2) is 30.0 Å². The predicted octanol–water partition coefficient (Wildman–Crippen LogP) is 4.83. The van der Waals surface area contributed by atoms with Crippen LogP contribution in [0.2, 0.25) is 5.02 Å². The summed E-state index contributed by atoms with van der Waals surface area (Å²) in [7, 11) is 0. The van der Waals surface area contributed by atoms with Crippen molar-refractivity contribution in [2.75, 3.05) is 13.2 Å². The minimum atomic E-state index is -0.433. The maximum Gasteiger partial charge on any atom is 0.328 e.